The average molecular weight is 386 g/mol. The molecule has 1 amide bonds. The van der Waals surface area contributed by atoms with E-state index in [9.17, 15) is 4.79 Å². The Kier molecular flexibility index (Phi) is 6.15. The Labute approximate surface area is 167 Å². The molecule has 27 heavy (non-hydrogen) atoms. The molecule has 0 radical (unpaired) electrons. The van der Waals surface area contributed by atoms with Crippen LogP contribution in [0, 0.1) is 11.3 Å². The van der Waals surface area contributed by atoms with E-state index in [4.69, 9.17) is 11.6 Å². The molecule has 0 bridgehead atoms. The molecule has 0 saturated heterocycles. The third kappa shape index (κ3) is 5.07. The van der Waals surface area contributed by atoms with Crippen LogP contribution < -0.4 is 0 Å². The smallest absolute Gasteiger partial charge is 0.255 e. The van der Waals surface area contributed by atoms with E-state index in [1.54, 1.807) is 24.7 Å². The zero-order chi connectivity index (χ0) is 19.4. The van der Waals surface area contributed by atoms with Gasteiger partial charge in [0.2, 0.25) is 0 Å². The molecule has 144 valence electrons. The summed E-state index contributed by atoms with van der Waals surface area (Å²) in [5, 5.41) is 0.467. The highest BCUT2D eigenvalue weighted by atomic mass is 35.5. The molecular weight excluding hydrogens is 358 g/mol. The SMILES string of the molecule is CC(C)(C)C1CCC(N(Cc2ccc(Cl)nc2)C(=O)c2cccnc2)CC1. The van der Waals surface area contributed by atoms with E-state index in [0.717, 1.165) is 31.2 Å². The number of rotatable bonds is 4. The van der Waals surface area contributed by atoms with Gasteiger partial charge in [-0.1, -0.05) is 38.4 Å². The maximum atomic E-state index is 13.2. The lowest BCUT2D eigenvalue weighted by Crippen LogP contribution is -2.43. The summed E-state index contributed by atoms with van der Waals surface area (Å²) in [6.07, 6.45) is 9.49. The Hall–Kier alpha value is -1.94. The van der Waals surface area contributed by atoms with Crippen LogP contribution in [0.15, 0.2) is 42.9 Å². The summed E-state index contributed by atoms with van der Waals surface area (Å²) in [6, 6.07) is 7.61. The fraction of sp³-hybridized carbons (Fsp3) is 0.500. The maximum absolute atomic E-state index is 13.2. The van der Waals surface area contributed by atoms with Gasteiger partial charge in [0, 0.05) is 31.2 Å². The minimum absolute atomic E-state index is 0.0391. The van der Waals surface area contributed by atoms with Gasteiger partial charge in [-0.2, -0.15) is 0 Å². The van der Waals surface area contributed by atoms with Crippen LogP contribution in [0.25, 0.3) is 0 Å². The van der Waals surface area contributed by atoms with Crippen LogP contribution >= 0.6 is 11.6 Å². The number of carbonyl (C=O) groups is 1. The zero-order valence-electron chi connectivity index (χ0n) is 16.4. The van der Waals surface area contributed by atoms with Crippen molar-refractivity contribution in [1.82, 2.24) is 14.9 Å². The highest BCUT2D eigenvalue weighted by Gasteiger charge is 2.34. The predicted octanol–water partition coefficient (Wildman–Crippen LogP) is 5.38. The number of halogens is 1. The molecular formula is C22H28ClN3O. The van der Waals surface area contributed by atoms with E-state index in [2.05, 4.69) is 30.7 Å². The normalized spacial score (nSPS) is 20.3. The van der Waals surface area contributed by atoms with Crippen molar-refractivity contribution in [3.05, 3.63) is 59.1 Å². The zero-order valence-corrected chi connectivity index (χ0v) is 17.1. The van der Waals surface area contributed by atoms with Crippen molar-refractivity contribution in [2.24, 2.45) is 11.3 Å². The lowest BCUT2D eigenvalue weighted by Gasteiger charge is -2.41. The number of hydrogen-bond acceptors (Lipinski definition) is 3. The molecule has 0 atom stereocenters. The van der Waals surface area contributed by atoms with E-state index in [1.165, 1.54) is 0 Å². The molecule has 1 saturated carbocycles. The first-order valence-electron chi connectivity index (χ1n) is 9.66. The lowest BCUT2D eigenvalue weighted by atomic mass is 9.71. The van der Waals surface area contributed by atoms with E-state index >= 15 is 0 Å². The second kappa shape index (κ2) is 8.39. The van der Waals surface area contributed by atoms with Gasteiger partial charge in [0.1, 0.15) is 5.15 Å². The fourth-order valence-electron chi connectivity index (χ4n) is 3.97. The molecule has 4 nitrogen and oxygen atoms in total. The Balaban J connectivity index is 1.79. The van der Waals surface area contributed by atoms with Gasteiger partial charge in [0.25, 0.3) is 5.91 Å². The monoisotopic (exact) mass is 385 g/mol. The standard InChI is InChI=1S/C22H28ClN3O/c1-22(2,3)18-7-9-19(10-8-18)26(15-16-6-11-20(23)25-13-16)21(27)17-5-4-12-24-14-17/h4-6,11-14,18-19H,7-10,15H2,1-3H3. The predicted molar refractivity (Wildman–Crippen MR) is 109 cm³/mol. The number of pyridine rings is 2. The number of aromatic nitrogens is 2. The molecule has 1 aliphatic rings. The second-order valence-corrected chi connectivity index (χ2v) is 8.92. The summed E-state index contributed by atoms with van der Waals surface area (Å²) in [5.41, 5.74) is 1.95. The van der Waals surface area contributed by atoms with Gasteiger partial charge in [-0.15, -0.1) is 0 Å². The van der Waals surface area contributed by atoms with Gasteiger partial charge in [0.15, 0.2) is 0 Å². The minimum atomic E-state index is 0.0391. The highest BCUT2D eigenvalue weighted by Crippen LogP contribution is 2.39. The Morgan fingerprint density at radius 1 is 1.15 bits per heavy atom. The Morgan fingerprint density at radius 3 is 2.44 bits per heavy atom. The number of carbonyl (C=O) groups excluding carboxylic acids is 1. The van der Waals surface area contributed by atoms with Crippen molar-refractivity contribution in [3.8, 4) is 0 Å². The lowest BCUT2D eigenvalue weighted by molar-refractivity contribution is 0.0530. The summed E-state index contributed by atoms with van der Waals surface area (Å²) in [4.78, 5) is 23.5. The Bertz CT molecular complexity index is 747. The third-order valence-corrected chi connectivity index (χ3v) is 5.90. The molecule has 2 aromatic heterocycles. The number of hydrogen-bond donors (Lipinski definition) is 0. The van der Waals surface area contributed by atoms with Crippen LogP contribution in [0.2, 0.25) is 5.15 Å². The quantitative estimate of drug-likeness (QED) is 0.664. The molecule has 0 unspecified atom stereocenters. The molecule has 1 fully saturated rings. The van der Waals surface area contributed by atoms with E-state index in [0.29, 0.717) is 28.6 Å². The van der Waals surface area contributed by atoms with E-state index in [1.807, 2.05) is 23.1 Å². The molecule has 2 aromatic rings. The van der Waals surface area contributed by atoms with Crippen molar-refractivity contribution >= 4 is 17.5 Å². The first-order valence-corrected chi connectivity index (χ1v) is 10.0. The minimum Gasteiger partial charge on any atom is -0.331 e. The molecule has 0 aromatic carbocycles. The average Bonchev–Trinajstić information content (AvgIpc) is 2.67. The molecule has 3 rings (SSSR count). The largest absolute Gasteiger partial charge is 0.331 e. The topological polar surface area (TPSA) is 46.1 Å². The van der Waals surface area contributed by atoms with Crippen LogP contribution in [0.4, 0.5) is 0 Å². The first kappa shape index (κ1) is 19.8. The summed E-state index contributed by atoms with van der Waals surface area (Å²) in [6.45, 7) is 7.49. The molecule has 0 N–H and O–H groups in total. The van der Waals surface area contributed by atoms with Crippen molar-refractivity contribution in [3.63, 3.8) is 0 Å². The van der Waals surface area contributed by atoms with Gasteiger partial charge in [-0.05, 0) is 60.8 Å². The molecule has 5 heteroatoms. The van der Waals surface area contributed by atoms with Crippen LogP contribution in [0.5, 0.6) is 0 Å². The van der Waals surface area contributed by atoms with Gasteiger partial charge >= 0.3 is 0 Å². The number of amides is 1. The van der Waals surface area contributed by atoms with Crippen molar-refractivity contribution in [1.29, 1.82) is 0 Å². The summed E-state index contributed by atoms with van der Waals surface area (Å²) < 4.78 is 0. The molecule has 1 aliphatic carbocycles. The summed E-state index contributed by atoms with van der Waals surface area (Å²) >= 11 is 5.91. The fourth-order valence-corrected chi connectivity index (χ4v) is 4.08. The Morgan fingerprint density at radius 2 is 1.89 bits per heavy atom. The van der Waals surface area contributed by atoms with Gasteiger partial charge in [-0.3, -0.25) is 9.78 Å². The van der Waals surface area contributed by atoms with Crippen LogP contribution in [-0.2, 0) is 6.54 Å². The van der Waals surface area contributed by atoms with Crippen LogP contribution in [0.1, 0.15) is 62.4 Å². The third-order valence-electron chi connectivity index (χ3n) is 5.67. The first-order chi connectivity index (χ1) is 12.8. The van der Waals surface area contributed by atoms with Crippen molar-refractivity contribution in [2.45, 2.75) is 59.0 Å². The summed E-state index contributed by atoms with van der Waals surface area (Å²) in [7, 11) is 0. The van der Waals surface area contributed by atoms with Crippen LogP contribution in [0.3, 0.4) is 0 Å². The number of nitrogens with zero attached hydrogens (tertiary/aromatic N) is 3. The van der Waals surface area contributed by atoms with Gasteiger partial charge in [0.05, 0.1) is 5.56 Å². The van der Waals surface area contributed by atoms with Gasteiger partial charge in [-0.25, -0.2) is 4.98 Å². The maximum Gasteiger partial charge on any atom is 0.255 e. The molecule has 2 heterocycles. The summed E-state index contributed by atoms with van der Waals surface area (Å²) in [5.74, 6) is 0.749. The second-order valence-electron chi connectivity index (χ2n) is 8.54. The van der Waals surface area contributed by atoms with Gasteiger partial charge < -0.3 is 4.90 Å². The highest BCUT2D eigenvalue weighted by molar-refractivity contribution is 6.29. The molecule has 0 spiro atoms. The van der Waals surface area contributed by atoms with Crippen molar-refractivity contribution in [2.75, 3.05) is 0 Å². The van der Waals surface area contributed by atoms with Crippen LogP contribution in [-0.4, -0.2) is 26.8 Å². The van der Waals surface area contributed by atoms with E-state index < -0.39 is 0 Å². The molecule has 0 aliphatic heterocycles. The van der Waals surface area contributed by atoms with Crippen molar-refractivity contribution < 1.29 is 4.79 Å². The van der Waals surface area contributed by atoms with E-state index in [-0.39, 0.29) is 11.9 Å².